The van der Waals surface area contributed by atoms with E-state index in [0.29, 0.717) is 28.1 Å². The maximum Gasteiger partial charge on any atom is 0.339 e. The number of ether oxygens (including phenoxy) is 2. The summed E-state index contributed by atoms with van der Waals surface area (Å²) in [6, 6.07) is 6.73. The lowest BCUT2D eigenvalue weighted by Gasteiger charge is -2.06. The van der Waals surface area contributed by atoms with Crippen LogP contribution < -0.4 is 5.32 Å². The number of benzene rings is 1. The number of hydrogen-bond acceptors (Lipinski definition) is 5. The van der Waals surface area contributed by atoms with E-state index in [1.165, 1.54) is 14.2 Å². The molecule has 0 radical (unpaired) electrons. The Balaban J connectivity index is 2.08. The van der Waals surface area contributed by atoms with Crippen LogP contribution in [0.1, 0.15) is 48.0 Å². The summed E-state index contributed by atoms with van der Waals surface area (Å²) in [6.45, 7) is 3.68. The predicted molar refractivity (Wildman–Crippen MR) is 90.6 cm³/mol. The van der Waals surface area contributed by atoms with E-state index in [2.05, 4.69) is 15.0 Å². The molecule has 1 aromatic carbocycles. The third-order valence-corrected chi connectivity index (χ3v) is 3.88. The first-order valence-corrected chi connectivity index (χ1v) is 7.62. The molecule has 1 amide bonds. The minimum Gasteiger partial charge on any atom is -0.465 e. The monoisotopic (exact) mass is 344 g/mol. The van der Waals surface area contributed by atoms with Gasteiger partial charge in [0.25, 0.3) is 5.91 Å². The van der Waals surface area contributed by atoms with Crippen LogP contribution in [0.2, 0.25) is 0 Å². The van der Waals surface area contributed by atoms with Crippen LogP contribution >= 0.6 is 0 Å². The fraction of sp³-hybridized carbons (Fsp3) is 0.278. The Hall–Kier alpha value is -3.09. The second-order valence-corrected chi connectivity index (χ2v) is 5.49. The van der Waals surface area contributed by atoms with Crippen LogP contribution in [0.4, 0.5) is 0 Å². The molecule has 0 aliphatic heterocycles. The van der Waals surface area contributed by atoms with Crippen molar-refractivity contribution in [1.29, 1.82) is 0 Å². The number of carbonyl (C=O) groups is 3. The molecule has 2 aromatic rings. The lowest BCUT2D eigenvalue weighted by atomic mass is 10.1. The van der Waals surface area contributed by atoms with Gasteiger partial charge in [0, 0.05) is 12.2 Å². The van der Waals surface area contributed by atoms with Gasteiger partial charge >= 0.3 is 11.9 Å². The van der Waals surface area contributed by atoms with Crippen LogP contribution in [0.25, 0.3) is 0 Å². The first kappa shape index (κ1) is 18.3. The summed E-state index contributed by atoms with van der Waals surface area (Å²) in [4.78, 5) is 38.5. The number of esters is 2. The molecule has 7 heteroatoms. The molecule has 0 saturated heterocycles. The molecule has 1 heterocycles. The molecule has 0 aliphatic carbocycles. The van der Waals surface area contributed by atoms with Crippen LogP contribution in [-0.2, 0) is 16.0 Å². The molecule has 0 atom stereocenters. The largest absolute Gasteiger partial charge is 0.465 e. The van der Waals surface area contributed by atoms with E-state index in [1.807, 2.05) is 0 Å². The van der Waals surface area contributed by atoms with Crippen LogP contribution in [-0.4, -0.2) is 37.0 Å². The first-order valence-electron chi connectivity index (χ1n) is 7.62. The van der Waals surface area contributed by atoms with Gasteiger partial charge < -0.3 is 19.8 Å². The second kappa shape index (κ2) is 7.65. The van der Waals surface area contributed by atoms with Gasteiger partial charge in [-0.2, -0.15) is 0 Å². The number of rotatable bonds is 5. The summed E-state index contributed by atoms with van der Waals surface area (Å²) in [5.74, 6) is -1.22. The molecule has 0 saturated carbocycles. The number of aromatic nitrogens is 1. The Morgan fingerprint density at radius 3 is 2.16 bits per heavy atom. The third-order valence-electron chi connectivity index (χ3n) is 3.88. The molecule has 0 spiro atoms. The van der Waals surface area contributed by atoms with Crippen molar-refractivity contribution in [3.05, 3.63) is 57.9 Å². The lowest BCUT2D eigenvalue weighted by Crippen LogP contribution is -2.24. The van der Waals surface area contributed by atoms with E-state index < -0.39 is 11.9 Å². The zero-order valence-corrected chi connectivity index (χ0v) is 14.6. The molecular weight excluding hydrogens is 324 g/mol. The number of nitrogens with one attached hydrogen (secondary N) is 2. The van der Waals surface area contributed by atoms with E-state index in [-0.39, 0.29) is 12.5 Å². The van der Waals surface area contributed by atoms with E-state index in [4.69, 9.17) is 4.74 Å². The van der Waals surface area contributed by atoms with Gasteiger partial charge in [0.2, 0.25) is 0 Å². The molecule has 2 N–H and O–H groups in total. The van der Waals surface area contributed by atoms with Gasteiger partial charge in [0.1, 0.15) is 5.69 Å². The van der Waals surface area contributed by atoms with Crippen LogP contribution in [0.3, 0.4) is 0 Å². The van der Waals surface area contributed by atoms with Crippen molar-refractivity contribution in [2.75, 3.05) is 14.2 Å². The highest BCUT2D eigenvalue weighted by atomic mass is 16.5. The van der Waals surface area contributed by atoms with E-state index in [0.717, 1.165) is 5.56 Å². The van der Waals surface area contributed by atoms with Gasteiger partial charge in [0.05, 0.1) is 25.3 Å². The SMILES string of the molecule is COC(=O)c1ccc(CNC(=O)c2[nH]c(C)c(C(=O)OC)c2C)cc1. The van der Waals surface area contributed by atoms with E-state index >= 15 is 0 Å². The van der Waals surface area contributed by atoms with E-state index in [9.17, 15) is 14.4 Å². The number of amides is 1. The third kappa shape index (κ3) is 3.88. The number of aryl methyl sites for hydroxylation is 1. The Kier molecular flexibility index (Phi) is 5.59. The standard InChI is InChI=1S/C18H20N2O5/c1-10-14(18(23)25-4)11(2)20-15(10)16(21)19-9-12-5-7-13(8-6-12)17(22)24-3/h5-8,20H,9H2,1-4H3,(H,19,21). The summed E-state index contributed by atoms with van der Waals surface area (Å²) in [6.07, 6.45) is 0. The highest BCUT2D eigenvalue weighted by Gasteiger charge is 2.22. The zero-order chi connectivity index (χ0) is 18.6. The first-order chi connectivity index (χ1) is 11.9. The topological polar surface area (TPSA) is 97.5 Å². The van der Waals surface area contributed by atoms with Gasteiger partial charge in [-0.3, -0.25) is 4.79 Å². The molecule has 7 nitrogen and oxygen atoms in total. The quantitative estimate of drug-likeness (QED) is 0.810. The lowest BCUT2D eigenvalue weighted by molar-refractivity contribution is 0.0591. The molecule has 0 bridgehead atoms. The predicted octanol–water partition coefficient (Wildman–Crippen LogP) is 2.13. The van der Waals surface area contributed by atoms with E-state index in [1.54, 1.807) is 38.1 Å². The minimum absolute atomic E-state index is 0.283. The van der Waals surface area contributed by atoms with Crippen molar-refractivity contribution in [1.82, 2.24) is 10.3 Å². The second-order valence-electron chi connectivity index (χ2n) is 5.49. The Bertz CT molecular complexity index is 806. The maximum absolute atomic E-state index is 12.4. The average molecular weight is 344 g/mol. The van der Waals surface area contributed by atoms with Gasteiger partial charge in [-0.25, -0.2) is 9.59 Å². The molecule has 0 aliphatic rings. The molecule has 0 unspecified atom stereocenters. The average Bonchev–Trinajstić information content (AvgIpc) is 2.93. The highest BCUT2D eigenvalue weighted by molar-refractivity contribution is 6.00. The fourth-order valence-corrected chi connectivity index (χ4v) is 2.53. The summed E-state index contributed by atoms with van der Waals surface area (Å²) in [5, 5.41) is 2.78. The molecular formula is C18H20N2O5. The van der Waals surface area contributed by atoms with Crippen LogP contribution in [0.15, 0.2) is 24.3 Å². The van der Waals surface area contributed by atoms with Crippen molar-refractivity contribution < 1.29 is 23.9 Å². The highest BCUT2D eigenvalue weighted by Crippen LogP contribution is 2.19. The Labute approximate surface area is 145 Å². The smallest absolute Gasteiger partial charge is 0.339 e. The summed E-state index contributed by atoms with van der Waals surface area (Å²) >= 11 is 0. The fourth-order valence-electron chi connectivity index (χ4n) is 2.53. The van der Waals surface area contributed by atoms with Crippen LogP contribution in [0.5, 0.6) is 0 Å². The van der Waals surface area contributed by atoms with Crippen molar-refractivity contribution in [3.63, 3.8) is 0 Å². The van der Waals surface area contributed by atoms with Crippen LogP contribution in [0, 0.1) is 13.8 Å². The number of hydrogen-bond donors (Lipinski definition) is 2. The van der Waals surface area contributed by atoms with Gasteiger partial charge in [-0.1, -0.05) is 12.1 Å². The maximum atomic E-state index is 12.4. The van der Waals surface area contributed by atoms with Crippen molar-refractivity contribution in [3.8, 4) is 0 Å². The zero-order valence-electron chi connectivity index (χ0n) is 14.6. The summed E-state index contributed by atoms with van der Waals surface area (Å²) in [7, 11) is 2.62. The van der Waals surface area contributed by atoms with Gasteiger partial charge in [-0.15, -0.1) is 0 Å². The number of H-pyrrole nitrogens is 1. The summed E-state index contributed by atoms with van der Waals surface area (Å²) < 4.78 is 9.37. The number of methoxy groups -OCH3 is 2. The molecule has 132 valence electrons. The number of carbonyl (C=O) groups excluding carboxylic acids is 3. The normalized spacial score (nSPS) is 10.2. The Morgan fingerprint density at radius 1 is 1.00 bits per heavy atom. The number of aromatic amines is 1. The summed E-state index contributed by atoms with van der Waals surface area (Å²) in [5.41, 5.74) is 3.09. The molecule has 2 rings (SSSR count). The molecule has 25 heavy (non-hydrogen) atoms. The molecule has 1 aromatic heterocycles. The van der Waals surface area contributed by atoms with Gasteiger partial charge in [-0.05, 0) is 37.1 Å². The van der Waals surface area contributed by atoms with Crippen molar-refractivity contribution in [2.45, 2.75) is 20.4 Å². The molecule has 0 fully saturated rings. The minimum atomic E-state index is -0.483. The van der Waals surface area contributed by atoms with Gasteiger partial charge in [0.15, 0.2) is 0 Å². The van der Waals surface area contributed by atoms with Crippen molar-refractivity contribution >= 4 is 17.8 Å². The Morgan fingerprint density at radius 2 is 1.60 bits per heavy atom. The van der Waals surface area contributed by atoms with Crippen molar-refractivity contribution in [2.24, 2.45) is 0 Å².